The Morgan fingerprint density at radius 2 is 1.84 bits per heavy atom. The molecule has 4 rings (SSSR count). The number of hydrogen-bond donors (Lipinski definition) is 1. The van der Waals surface area contributed by atoms with Crippen molar-refractivity contribution >= 4 is 40.3 Å². The van der Waals surface area contributed by atoms with Gasteiger partial charge in [0, 0.05) is 23.3 Å². The second kappa shape index (κ2) is 8.23. The summed E-state index contributed by atoms with van der Waals surface area (Å²) in [6.07, 6.45) is 1.66. The average Bonchev–Trinajstić information content (AvgIpc) is 3.32. The lowest BCUT2D eigenvalue weighted by Gasteiger charge is -2.05. The smallest absolute Gasteiger partial charge is 0.272 e. The number of nitrogens with one attached hydrogen (secondary N) is 1. The molecule has 2 heterocycles. The van der Waals surface area contributed by atoms with Crippen LogP contribution < -0.4 is 5.32 Å². The minimum absolute atomic E-state index is 0.0784. The lowest BCUT2D eigenvalue weighted by molar-refractivity contribution is -0.385. The molecule has 1 amide bonds. The van der Waals surface area contributed by atoms with Crippen molar-refractivity contribution in [2.75, 3.05) is 0 Å². The lowest BCUT2D eigenvalue weighted by Crippen LogP contribution is -2.19. The SMILES string of the molecule is Cc1ccccc1N=C1NC(=O)/C(=C/c2ccc(-c3cc(C)c([N+](=O)[O-])cc3C)o2)S1. The van der Waals surface area contributed by atoms with E-state index in [4.69, 9.17) is 4.42 Å². The molecule has 31 heavy (non-hydrogen) atoms. The van der Waals surface area contributed by atoms with Crippen molar-refractivity contribution < 1.29 is 14.1 Å². The van der Waals surface area contributed by atoms with Crippen LogP contribution in [0, 0.1) is 30.9 Å². The Kier molecular flexibility index (Phi) is 5.48. The number of nitrogens with zero attached hydrogens (tertiary/aromatic N) is 2. The number of furan rings is 1. The average molecular weight is 433 g/mol. The van der Waals surface area contributed by atoms with Gasteiger partial charge in [-0.05, 0) is 67.9 Å². The number of aryl methyl sites for hydroxylation is 3. The van der Waals surface area contributed by atoms with Crippen LogP contribution in [-0.2, 0) is 4.79 Å². The molecule has 0 bridgehead atoms. The summed E-state index contributed by atoms with van der Waals surface area (Å²) >= 11 is 1.25. The van der Waals surface area contributed by atoms with Crippen molar-refractivity contribution in [3.05, 3.63) is 86.0 Å². The van der Waals surface area contributed by atoms with Crippen LogP contribution in [-0.4, -0.2) is 16.0 Å². The van der Waals surface area contributed by atoms with Gasteiger partial charge in [0.05, 0.1) is 15.5 Å². The Labute approximate surface area is 183 Å². The zero-order valence-corrected chi connectivity index (χ0v) is 17.9. The predicted molar refractivity (Wildman–Crippen MR) is 122 cm³/mol. The van der Waals surface area contributed by atoms with E-state index >= 15 is 0 Å². The minimum atomic E-state index is -0.393. The number of amidine groups is 1. The number of rotatable bonds is 4. The molecule has 1 aliphatic heterocycles. The Bertz CT molecular complexity index is 1270. The van der Waals surface area contributed by atoms with Crippen LogP contribution in [0.15, 0.2) is 62.8 Å². The third-order valence-electron chi connectivity index (χ3n) is 4.89. The van der Waals surface area contributed by atoms with E-state index in [1.807, 2.05) is 31.2 Å². The summed E-state index contributed by atoms with van der Waals surface area (Å²) in [5, 5.41) is 14.4. The van der Waals surface area contributed by atoms with Gasteiger partial charge in [0.1, 0.15) is 11.5 Å². The van der Waals surface area contributed by atoms with Gasteiger partial charge in [-0.1, -0.05) is 18.2 Å². The van der Waals surface area contributed by atoms with Crippen LogP contribution >= 0.6 is 11.8 Å². The van der Waals surface area contributed by atoms with Crippen LogP contribution in [0.4, 0.5) is 11.4 Å². The number of benzene rings is 2. The molecule has 156 valence electrons. The number of nitro groups is 1. The number of aliphatic imine (C=N–C) groups is 1. The lowest BCUT2D eigenvalue weighted by atomic mass is 10.0. The van der Waals surface area contributed by atoms with Gasteiger partial charge in [0.25, 0.3) is 11.6 Å². The van der Waals surface area contributed by atoms with Crippen molar-refractivity contribution in [2.24, 2.45) is 4.99 Å². The van der Waals surface area contributed by atoms with E-state index in [0.717, 1.165) is 22.4 Å². The fraction of sp³-hybridized carbons (Fsp3) is 0.130. The highest BCUT2D eigenvalue weighted by Gasteiger charge is 2.24. The highest BCUT2D eigenvalue weighted by atomic mass is 32.2. The van der Waals surface area contributed by atoms with Gasteiger partial charge in [-0.25, -0.2) is 4.99 Å². The summed E-state index contributed by atoms with van der Waals surface area (Å²) in [4.78, 5) is 28.1. The summed E-state index contributed by atoms with van der Waals surface area (Å²) in [6, 6.07) is 14.5. The number of carbonyl (C=O) groups excluding carboxylic acids is 1. The number of thioether (sulfide) groups is 1. The predicted octanol–water partition coefficient (Wildman–Crippen LogP) is 5.67. The molecular weight excluding hydrogens is 414 g/mol. The van der Waals surface area contributed by atoms with Crippen molar-refractivity contribution in [1.82, 2.24) is 5.32 Å². The number of nitro benzene ring substituents is 1. The minimum Gasteiger partial charge on any atom is -0.457 e. The van der Waals surface area contributed by atoms with E-state index in [2.05, 4.69) is 10.3 Å². The summed E-state index contributed by atoms with van der Waals surface area (Å²) in [5.74, 6) is 0.859. The quantitative estimate of drug-likeness (QED) is 0.325. The number of carbonyl (C=O) groups is 1. The molecule has 0 spiro atoms. The van der Waals surface area contributed by atoms with E-state index in [1.165, 1.54) is 11.8 Å². The maximum Gasteiger partial charge on any atom is 0.272 e. The number of hydrogen-bond acceptors (Lipinski definition) is 6. The second-order valence-electron chi connectivity index (χ2n) is 7.18. The third-order valence-corrected chi connectivity index (χ3v) is 5.80. The monoisotopic (exact) mass is 433 g/mol. The molecule has 1 fully saturated rings. The molecule has 0 saturated carbocycles. The van der Waals surface area contributed by atoms with Crippen molar-refractivity contribution in [3.63, 3.8) is 0 Å². The van der Waals surface area contributed by atoms with Gasteiger partial charge in [0.15, 0.2) is 5.17 Å². The molecule has 7 nitrogen and oxygen atoms in total. The van der Waals surface area contributed by atoms with Gasteiger partial charge < -0.3 is 9.73 Å². The first-order valence-electron chi connectivity index (χ1n) is 9.53. The van der Waals surface area contributed by atoms with Crippen molar-refractivity contribution in [1.29, 1.82) is 0 Å². The highest BCUT2D eigenvalue weighted by molar-refractivity contribution is 8.18. The zero-order valence-electron chi connectivity index (χ0n) is 17.1. The molecule has 0 aliphatic carbocycles. The summed E-state index contributed by atoms with van der Waals surface area (Å²) in [5.41, 5.74) is 3.98. The Balaban J connectivity index is 1.59. The molecule has 1 N–H and O–H groups in total. The van der Waals surface area contributed by atoms with E-state index in [-0.39, 0.29) is 11.6 Å². The summed E-state index contributed by atoms with van der Waals surface area (Å²) < 4.78 is 5.91. The van der Waals surface area contributed by atoms with Gasteiger partial charge in [-0.15, -0.1) is 0 Å². The van der Waals surface area contributed by atoms with Gasteiger partial charge in [-0.3, -0.25) is 14.9 Å². The van der Waals surface area contributed by atoms with E-state index in [1.54, 1.807) is 44.2 Å². The largest absolute Gasteiger partial charge is 0.457 e. The standard InChI is InChI=1S/C23H19N3O4S/c1-13-6-4-5-7-18(13)24-23-25-22(27)21(31-23)12-16-8-9-20(30-16)17-10-15(3)19(26(28)29)11-14(17)2/h4-12H,1-3H3,(H,24,25,27)/b21-12-. The Morgan fingerprint density at radius 1 is 1.06 bits per heavy atom. The van der Waals surface area contributed by atoms with Crippen molar-refractivity contribution in [3.8, 4) is 11.3 Å². The van der Waals surface area contributed by atoms with Crippen LogP contribution in [0.1, 0.15) is 22.5 Å². The molecule has 1 saturated heterocycles. The first-order valence-corrected chi connectivity index (χ1v) is 10.3. The molecule has 1 aliphatic rings. The Morgan fingerprint density at radius 3 is 2.58 bits per heavy atom. The topological polar surface area (TPSA) is 97.7 Å². The normalized spacial score (nSPS) is 16.2. The molecule has 2 aromatic carbocycles. The van der Waals surface area contributed by atoms with E-state index in [9.17, 15) is 14.9 Å². The maximum atomic E-state index is 12.4. The van der Waals surface area contributed by atoms with E-state index < -0.39 is 4.92 Å². The zero-order chi connectivity index (χ0) is 22.1. The number of amides is 1. The number of para-hydroxylation sites is 1. The fourth-order valence-corrected chi connectivity index (χ4v) is 4.06. The van der Waals surface area contributed by atoms with Gasteiger partial charge >= 0.3 is 0 Å². The van der Waals surface area contributed by atoms with E-state index in [0.29, 0.717) is 27.2 Å². The fourth-order valence-electron chi connectivity index (χ4n) is 3.25. The molecule has 0 atom stereocenters. The summed E-state index contributed by atoms with van der Waals surface area (Å²) in [6.45, 7) is 5.46. The van der Waals surface area contributed by atoms with Gasteiger partial charge in [0.2, 0.25) is 0 Å². The molecule has 3 aromatic rings. The van der Waals surface area contributed by atoms with Crippen LogP contribution in [0.3, 0.4) is 0 Å². The maximum absolute atomic E-state index is 12.4. The molecule has 1 aromatic heterocycles. The molecule has 0 unspecified atom stereocenters. The highest BCUT2D eigenvalue weighted by Crippen LogP contribution is 2.33. The van der Waals surface area contributed by atoms with Gasteiger partial charge in [-0.2, -0.15) is 0 Å². The molecule has 0 radical (unpaired) electrons. The first-order chi connectivity index (χ1) is 14.8. The third kappa shape index (κ3) is 4.29. The molecular formula is C23H19N3O4S. The second-order valence-corrected chi connectivity index (χ2v) is 8.21. The first kappa shape index (κ1) is 20.6. The molecule has 8 heteroatoms. The van der Waals surface area contributed by atoms with Crippen LogP contribution in [0.2, 0.25) is 0 Å². The van der Waals surface area contributed by atoms with Crippen LogP contribution in [0.25, 0.3) is 17.4 Å². The summed E-state index contributed by atoms with van der Waals surface area (Å²) in [7, 11) is 0. The van der Waals surface area contributed by atoms with Crippen LogP contribution in [0.5, 0.6) is 0 Å². The van der Waals surface area contributed by atoms with Crippen molar-refractivity contribution in [2.45, 2.75) is 20.8 Å². The Hall–Kier alpha value is -3.65.